The lowest BCUT2D eigenvalue weighted by Gasteiger charge is -2.17. The molecule has 124 valence electrons. The lowest BCUT2D eigenvalue weighted by Crippen LogP contribution is -2.11. The zero-order valence-corrected chi connectivity index (χ0v) is 14.3. The molecule has 0 amide bonds. The molecule has 0 aliphatic rings. The van der Waals surface area contributed by atoms with E-state index in [2.05, 4.69) is 59.8 Å². The quantitative estimate of drug-likeness (QED) is 0.600. The van der Waals surface area contributed by atoms with E-state index in [0.29, 0.717) is 5.95 Å². The number of benzene rings is 2. The van der Waals surface area contributed by atoms with E-state index >= 15 is 0 Å². The molecule has 2 aromatic carbocycles. The van der Waals surface area contributed by atoms with E-state index in [1.807, 2.05) is 24.3 Å². The molecule has 0 bridgehead atoms. The molecular formula is C20H24N4. The fourth-order valence-corrected chi connectivity index (χ4v) is 2.67. The fourth-order valence-electron chi connectivity index (χ4n) is 2.67. The maximum atomic E-state index is 4.70. The smallest absolute Gasteiger partial charge is 0.225 e. The zero-order chi connectivity index (χ0) is 16.8. The fraction of sp³-hybridized carbons (Fsp3) is 0.300. The number of anilines is 2. The van der Waals surface area contributed by atoms with Crippen molar-refractivity contribution in [2.24, 2.45) is 0 Å². The largest absolute Gasteiger partial charge is 0.363 e. The molecule has 1 aromatic heterocycles. The molecule has 3 rings (SSSR count). The molecule has 0 aliphatic carbocycles. The van der Waals surface area contributed by atoms with Crippen molar-refractivity contribution in [3.05, 3.63) is 60.2 Å². The number of fused-ring (bicyclic) bond motifs is 1. The number of hydrogen-bond donors (Lipinski definition) is 2. The minimum absolute atomic E-state index is 0.174. The monoisotopic (exact) mass is 320 g/mol. The van der Waals surface area contributed by atoms with Crippen molar-refractivity contribution in [2.75, 3.05) is 17.2 Å². The van der Waals surface area contributed by atoms with Crippen LogP contribution in [0.25, 0.3) is 10.9 Å². The maximum absolute atomic E-state index is 4.70. The van der Waals surface area contributed by atoms with Crippen molar-refractivity contribution in [3.8, 4) is 0 Å². The van der Waals surface area contributed by atoms with Crippen LogP contribution in [-0.4, -0.2) is 16.5 Å². The van der Waals surface area contributed by atoms with Crippen molar-refractivity contribution in [2.45, 2.75) is 32.7 Å². The molecule has 0 radical (unpaired) electrons. The van der Waals surface area contributed by atoms with E-state index in [9.17, 15) is 0 Å². The summed E-state index contributed by atoms with van der Waals surface area (Å²) in [6, 6.07) is 18.7. The molecule has 0 fully saturated rings. The summed E-state index contributed by atoms with van der Waals surface area (Å²) in [5.41, 5.74) is 2.19. The summed E-state index contributed by atoms with van der Waals surface area (Å²) in [5.74, 6) is 1.56. The Labute approximate surface area is 143 Å². The Kier molecular flexibility index (Phi) is 5.26. The second-order valence-electron chi connectivity index (χ2n) is 5.97. The van der Waals surface area contributed by atoms with Crippen LogP contribution in [0.5, 0.6) is 0 Å². The molecule has 3 aromatic rings. The van der Waals surface area contributed by atoms with Gasteiger partial charge in [-0.3, -0.25) is 0 Å². The summed E-state index contributed by atoms with van der Waals surface area (Å²) >= 11 is 0. The van der Waals surface area contributed by atoms with Gasteiger partial charge in [-0.05, 0) is 31.0 Å². The van der Waals surface area contributed by atoms with Gasteiger partial charge in [0, 0.05) is 18.0 Å². The number of aromatic nitrogens is 2. The van der Waals surface area contributed by atoms with Crippen LogP contribution < -0.4 is 10.6 Å². The van der Waals surface area contributed by atoms with Crippen LogP contribution in [0.15, 0.2) is 54.6 Å². The van der Waals surface area contributed by atoms with Gasteiger partial charge in [0.15, 0.2) is 0 Å². The highest BCUT2D eigenvalue weighted by Crippen LogP contribution is 2.25. The summed E-state index contributed by atoms with van der Waals surface area (Å²) in [6.45, 7) is 5.22. The van der Waals surface area contributed by atoms with Gasteiger partial charge < -0.3 is 10.6 Å². The molecule has 0 saturated carbocycles. The summed E-state index contributed by atoms with van der Waals surface area (Å²) < 4.78 is 0. The van der Waals surface area contributed by atoms with Crippen LogP contribution >= 0.6 is 0 Å². The Bertz CT molecular complexity index is 786. The molecule has 1 atom stereocenters. The molecule has 4 nitrogen and oxygen atoms in total. The Balaban J connectivity index is 1.90. The van der Waals surface area contributed by atoms with Crippen molar-refractivity contribution in [3.63, 3.8) is 0 Å². The minimum atomic E-state index is 0.174. The lowest BCUT2D eigenvalue weighted by atomic mass is 10.1. The molecule has 1 heterocycles. The molecule has 4 heteroatoms. The first-order chi connectivity index (χ1) is 11.8. The number of hydrogen-bond acceptors (Lipinski definition) is 4. The van der Waals surface area contributed by atoms with Crippen LogP contribution in [-0.2, 0) is 0 Å². The third kappa shape index (κ3) is 3.82. The van der Waals surface area contributed by atoms with Crippen molar-refractivity contribution in [1.29, 1.82) is 0 Å². The van der Waals surface area contributed by atoms with Crippen LogP contribution in [0.3, 0.4) is 0 Å². The van der Waals surface area contributed by atoms with Gasteiger partial charge in [-0.25, -0.2) is 4.98 Å². The summed E-state index contributed by atoms with van der Waals surface area (Å²) in [7, 11) is 0. The Hall–Kier alpha value is -2.62. The summed E-state index contributed by atoms with van der Waals surface area (Å²) in [4.78, 5) is 9.33. The van der Waals surface area contributed by atoms with Crippen LogP contribution in [0, 0.1) is 0 Å². The second kappa shape index (κ2) is 7.77. The van der Waals surface area contributed by atoms with Crippen molar-refractivity contribution >= 4 is 22.7 Å². The summed E-state index contributed by atoms with van der Waals surface area (Å²) in [6.07, 6.45) is 2.26. The third-order valence-corrected chi connectivity index (χ3v) is 4.07. The van der Waals surface area contributed by atoms with Gasteiger partial charge in [0.25, 0.3) is 0 Å². The van der Waals surface area contributed by atoms with Gasteiger partial charge in [0.1, 0.15) is 5.82 Å². The standard InChI is InChI=1S/C20H24N4/c1-3-4-14-21-20-23-18-13-9-8-12-17(18)19(24-20)22-15(2)16-10-6-5-7-11-16/h5-13,15H,3-4,14H2,1-2H3,(H2,21,22,23,24). The maximum Gasteiger partial charge on any atom is 0.225 e. The highest BCUT2D eigenvalue weighted by Gasteiger charge is 2.11. The highest BCUT2D eigenvalue weighted by molar-refractivity contribution is 5.90. The number of rotatable bonds is 7. The predicted molar refractivity (Wildman–Crippen MR) is 101 cm³/mol. The van der Waals surface area contributed by atoms with E-state index in [1.165, 1.54) is 5.56 Å². The normalized spacial score (nSPS) is 12.1. The van der Waals surface area contributed by atoms with E-state index in [0.717, 1.165) is 36.1 Å². The number of nitrogens with zero attached hydrogens (tertiary/aromatic N) is 2. The highest BCUT2D eigenvalue weighted by atomic mass is 15.1. The molecular weight excluding hydrogens is 296 g/mol. The molecule has 24 heavy (non-hydrogen) atoms. The predicted octanol–water partition coefficient (Wildman–Crippen LogP) is 5.01. The van der Waals surface area contributed by atoms with Crippen LogP contribution in [0.4, 0.5) is 11.8 Å². The van der Waals surface area contributed by atoms with Crippen molar-refractivity contribution < 1.29 is 0 Å². The van der Waals surface area contributed by atoms with E-state index in [1.54, 1.807) is 0 Å². The molecule has 0 aliphatic heterocycles. The van der Waals surface area contributed by atoms with Gasteiger partial charge in [0.05, 0.1) is 5.52 Å². The first kappa shape index (κ1) is 16.2. The molecule has 2 N–H and O–H groups in total. The van der Waals surface area contributed by atoms with Crippen molar-refractivity contribution in [1.82, 2.24) is 9.97 Å². The van der Waals surface area contributed by atoms with Gasteiger partial charge in [-0.2, -0.15) is 4.98 Å². The van der Waals surface area contributed by atoms with Crippen LogP contribution in [0.1, 0.15) is 38.3 Å². The van der Waals surface area contributed by atoms with Gasteiger partial charge in [-0.1, -0.05) is 55.8 Å². The molecule has 0 spiro atoms. The van der Waals surface area contributed by atoms with Crippen LogP contribution in [0.2, 0.25) is 0 Å². The Morgan fingerprint density at radius 1 is 0.958 bits per heavy atom. The number of unbranched alkanes of at least 4 members (excludes halogenated alkanes) is 1. The molecule has 1 unspecified atom stereocenters. The zero-order valence-electron chi connectivity index (χ0n) is 14.3. The average Bonchev–Trinajstić information content (AvgIpc) is 2.63. The minimum Gasteiger partial charge on any atom is -0.363 e. The Morgan fingerprint density at radius 2 is 1.71 bits per heavy atom. The van der Waals surface area contributed by atoms with Gasteiger partial charge in [0.2, 0.25) is 5.95 Å². The van der Waals surface area contributed by atoms with E-state index < -0.39 is 0 Å². The van der Waals surface area contributed by atoms with Gasteiger partial charge >= 0.3 is 0 Å². The second-order valence-corrected chi connectivity index (χ2v) is 5.97. The topological polar surface area (TPSA) is 49.8 Å². The average molecular weight is 320 g/mol. The summed E-state index contributed by atoms with van der Waals surface area (Å²) in [5, 5.41) is 7.91. The number of nitrogens with one attached hydrogen (secondary N) is 2. The lowest BCUT2D eigenvalue weighted by molar-refractivity contribution is 0.826. The third-order valence-electron chi connectivity index (χ3n) is 4.07. The van der Waals surface area contributed by atoms with E-state index in [4.69, 9.17) is 4.98 Å². The first-order valence-corrected chi connectivity index (χ1v) is 8.60. The SMILES string of the molecule is CCCCNc1nc(NC(C)c2ccccc2)c2ccccc2n1. The first-order valence-electron chi connectivity index (χ1n) is 8.60. The van der Waals surface area contributed by atoms with E-state index in [-0.39, 0.29) is 6.04 Å². The van der Waals surface area contributed by atoms with Gasteiger partial charge in [-0.15, -0.1) is 0 Å². The number of para-hydroxylation sites is 1. The molecule has 0 saturated heterocycles. The Morgan fingerprint density at radius 3 is 2.50 bits per heavy atom.